The minimum absolute atomic E-state index is 0.131. The number of aryl methyl sites for hydroxylation is 1. The molecule has 0 fully saturated rings. The van der Waals surface area contributed by atoms with Gasteiger partial charge in [-0.3, -0.25) is 4.79 Å². The number of benzene rings is 2. The average molecular weight is 378 g/mol. The highest BCUT2D eigenvalue weighted by atomic mass is 32.2. The molecule has 0 saturated carbocycles. The molecule has 26 heavy (non-hydrogen) atoms. The first-order valence-corrected chi connectivity index (χ1v) is 9.63. The quantitative estimate of drug-likeness (QED) is 0.840. The van der Waals surface area contributed by atoms with Crippen LogP contribution in [0.1, 0.15) is 27.0 Å². The summed E-state index contributed by atoms with van der Waals surface area (Å²) >= 11 is 0. The second-order valence-electron chi connectivity index (χ2n) is 6.34. The summed E-state index contributed by atoms with van der Waals surface area (Å²) in [5.74, 6) is -0.645. The molecule has 0 spiro atoms. The third-order valence-corrected chi connectivity index (χ3v) is 6.19. The highest BCUT2D eigenvalue weighted by molar-refractivity contribution is 7.89. The molecule has 1 N–H and O–H groups in total. The number of carbonyl (C=O) groups excluding carboxylic acids is 1. The third kappa shape index (κ3) is 4.47. The van der Waals surface area contributed by atoms with Crippen LogP contribution in [0.3, 0.4) is 0 Å². The molecule has 0 saturated heterocycles. The van der Waals surface area contributed by atoms with Crippen LogP contribution in [0.15, 0.2) is 41.3 Å². The first-order valence-electron chi connectivity index (χ1n) is 8.19. The molecule has 0 aliphatic rings. The third-order valence-electron chi connectivity index (χ3n) is 4.25. The van der Waals surface area contributed by atoms with Crippen molar-refractivity contribution in [3.05, 3.63) is 64.5 Å². The van der Waals surface area contributed by atoms with Gasteiger partial charge in [0, 0.05) is 26.2 Å². The van der Waals surface area contributed by atoms with Crippen molar-refractivity contribution in [2.45, 2.75) is 25.2 Å². The molecule has 0 radical (unpaired) electrons. The Morgan fingerprint density at radius 2 is 1.73 bits per heavy atom. The van der Waals surface area contributed by atoms with Gasteiger partial charge in [0.2, 0.25) is 10.0 Å². The van der Waals surface area contributed by atoms with Crippen molar-refractivity contribution in [2.24, 2.45) is 0 Å². The number of halogens is 1. The van der Waals surface area contributed by atoms with Gasteiger partial charge in [-0.05, 0) is 61.2 Å². The number of carbonyl (C=O) groups is 1. The molecule has 0 atom stereocenters. The molecule has 2 aromatic rings. The molecule has 0 unspecified atom stereocenters. The largest absolute Gasteiger partial charge is 0.352 e. The van der Waals surface area contributed by atoms with Gasteiger partial charge in [0.1, 0.15) is 5.82 Å². The van der Waals surface area contributed by atoms with E-state index in [-0.39, 0.29) is 16.6 Å². The topological polar surface area (TPSA) is 66.5 Å². The van der Waals surface area contributed by atoms with Crippen LogP contribution in [0.25, 0.3) is 0 Å². The first kappa shape index (κ1) is 20.1. The van der Waals surface area contributed by atoms with Gasteiger partial charge >= 0.3 is 0 Å². The Kier molecular flexibility index (Phi) is 6.15. The maximum absolute atomic E-state index is 12.9. The predicted octanol–water partition coefficient (Wildman–Crippen LogP) is 2.67. The molecule has 2 rings (SSSR count). The van der Waals surface area contributed by atoms with Gasteiger partial charge in [-0.2, -0.15) is 0 Å². The van der Waals surface area contributed by atoms with Crippen LogP contribution in [-0.2, 0) is 16.4 Å². The summed E-state index contributed by atoms with van der Waals surface area (Å²) in [5, 5.41) is 2.78. The summed E-state index contributed by atoms with van der Waals surface area (Å²) in [6, 6.07) is 9.17. The molecular formula is C19H23FN2O3S. The zero-order chi connectivity index (χ0) is 19.5. The normalized spacial score (nSPS) is 11.6. The molecule has 0 aliphatic carbocycles. The Morgan fingerprint density at radius 1 is 1.12 bits per heavy atom. The van der Waals surface area contributed by atoms with E-state index in [0.717, 1.165) is 15.4 Å². The first-order chi connectivity index (χ1) is 12.1. The highest BCUT2D eigenvalue weighted by Crippen LogP contribution is 2.23. The lowest BCUT2D eigenvalue weighted by atomic mass is 10.1. The molecule has 140 valence electrons. The van der Waals surface area contributed by atoms with Crippen molar-refractivity contribution in [1.82, 2.24) is 9.62 Å². The number of sulfonamides is 1. The molecule has 0 aliphatic heterocycles. The zero-order valence-corrected chi connectivity index (χ0v) is 16.2. The lowest BCUT2D eigenvalue weighted by Crippen LogP contribution is -2.27. The second-order valence-corrected chi connectivity index (χ2v) is 8.46. The van der Waals surface area contributed by atoms with Crippen molar-refractivity contribution in [3.8, 4) is 0 Å². The molecule has 0 bridgehead atoms. The standard InChI is InChI=1S/C19H23FN2O3S/c1-13-11-16(12-18(14(13)2)26(24,25)22(3)4)19(23)21-10-9-15-5-7-17(20)8-6-15/h5-8,11-12H,9-10H2,1-4H3,(H,21,23). The maximum Gasteiger partial charge on any atom is 0.251 e. The van der Waals surface area contributed by atoms with Crippen LogP contribution in [-0.4, -0.2) is 39.3 Å². The number of nitrogens with zero attached hydrogens (tertiary/aromatic N) is 1. The van der Waals surface area contributed by atoms with E-state index in [2.05, 4.69) is 5.32 Å². The van der Waals surface area contributed by atoms with E-state index in [0.29, 0.717) is 24.1 Å². The Balaban J connectivity index is 2.16. The molecule has 0 heterocycles. The minimum atomic E-state index is -3.64. The molecule has 5 nitrogen and oxygen atoms in total. The lowest BCUT2D eigenvalue weighted by molar-refractivity contribution is 0.0954. The maximum atomic E-state index is 12.9. The summed E-state index contributed by atoms with van der Waals surface area (Å²) in [7, 11) is -0.720. The van der Waals surface area contributed by atoms with E-state index in [4.69, 9.17) is 0 Å². The molecule has 1 amide bonds. The fraction of sp³-hybridized carbons (Fsp3) is 0.316. The van der Waals surface area contributed by atoms with Gasteiger partial charge in [-0.15, -0.1) is 0 Å². The Hall–Kier alpha value is -2.25. The van der Waals surface area contributed by atoms with Gasteiger partial charge in [0.25, 0.3) is 5.91 Å². The number of amides is 1. The van der Waals surface area contributed by atoms with Crippen molar-refractivity contribution in [3.63, 3.8) is 0 Å². The fourth-order valence-electron chi connectivity index (χ4n) is 2.50. The fourth-order valence-corrected chi connectivity index (χ4v) is 3.71. The summed E-state index contributed by atoms with van der Waals surface area (Å²) in [6.45, 7) is 3.87. The minimum Gasteiger partial charge on any atom is -0.352 e. The Labute approximate surface area is 153 Å². The van der Waals surface area contributed by atoms with Gasteiger partial charge in [-0.1, -0.05) is 12.1 Å². The van der Waals surface area contributed by atoms with Crippen LogP contribution < -0.4 is 5.32 Å². The van der Waals surface area contributed by atoms with Gasteiger partial charge in [0.05, 0.1) is 4.90 Å². The van der Waals surface area contributed by atoms with E-state index in [1.807, 2.05) is 0 Å². The Bertz CT molecular complexity index is 907. The number of rotatable bonds is 6. The monoisotopic (exact) mass is 378 g/mol. The van der Waals surface area contributed by atoms with E-state index >= 15 is 0 Å². The smallest absolute Gasteiger partial charge is 0.251 e. The van der Waals surface area contributed by atoms with Gasteiger partial charge in [0.15, 0.2) is 0 Å². The molecule has 7 heteroatoms. The summed E-state index contributed by atoms with van der Waals surface area (Å²) in [6.07, 6.45) is 0.555. The van der Waals surface area contributed by atoms with Crippen LogP contribution in [0.5, 0.6) is 0 Å². The van der Waals surface area contributed by atoms with Crippen LogP contribution in [0.2, 0.25) is 0 Å². The second kappa shape index (κ2) is 7.97. The number of nitrogens with one attached hydrogen (secondary N) is 1. The van der Waals surface area contributed by atoms with Crippen molar-refractivity contribution >= 4 is 15.9 Å². The molecule has 2 aromatic carbocycles. The van der Waals surface area contributed by atoms with Gasteiger partial charge in [-0.25, -0.2) is 17.1 Å². The zero-order valence-electron chi connectivity index (χ0n) is 15.3. The summed E-state index contributed by atoms with van der Waals surface area (Å²) in [4.78, 5) is 12.6. The van der Waals surface area contributed by atoms with Crippen LogP contribution >= 0.6 is 0 Å². The highest BCUT2D eigenvalue weighted by Gasteiger charge is 2.22. The number of hydrogen-bond donors (Lipinski definition) is 1. The van der Waals surface area contributed by atoms with Crippen molar-refractivity contribution in [1.29, 1.82) is 0 Å². The van der Waals surface area contributed by atoms with Crippen LogP contribution in [0.4, 0.5) is 4.39 Å². The SMILES string of the molecule is Cc1cc(C(=O)NCCc2ccc(F)cc2)cc(S(=O)(=O)N(C)C)c1C. The van der Waals surface area contributed by atoms with E-state index in [9.17, 15) is 17.6 Å². The molecule has 0 aromatic heterocycles. The summed E-state index contributed by atoms with van der Waals surface area (Å²) < 4.78 is 39.0. The average Bonchev–Trinajstić information content (AvgIpc) is 2.58. The molecular weight excluding hydrogens is 355 g/mol. The van der Waals surface area contributed by atoms with E-state index in [1.54, 1.807) is 32.0 Å². The predicted molar refractivity (Wildman–Crippen MR) is 99.2 cm³/mol. The number of hydrogen-bond acceptors (Lipinski definition) is 3. The van der Waals surface area contributed by atoms with E-state index in [1.165, 1.54) is 32.3 Å². The summed E-state index contributed by atoms with van der Waals surface area (Å²) in [5.41, 5.74) is 2.56. The van der Waals surface area contributed by atoms with Crippen molar-refractivity contribution in [2.75, 3.05) is 20.6 Å². The lowest BCUT2D eigenvalue weighted by Gasteiger charge is -2.16. The van der Waals surface area contributed by atoms with Gasteiger partial charge < -0.3 is 5.32 Å². The Morgan fingerprint density at radius 3 is 2.31 bits per heavy atom. The van der Waals surface area contributed by atoms with Crippen LogP contribution in [0, 0.1) is 19.7 Å². The van der Waals surface area contributed by atoms with Crippen molar-refractivity contribution < 1.29 is 17.6 Å². The van der Waals surface area contributed by atoms with E-state index < -0.39 is 10.0 Å².